The van der Waals surface area contributed by atoms with Gasteiger partial charge in [0.05, 0.1) is 29.6 Å². The lowest BCUT2D eigenvalue weighted by atomic mass is 10.2. The second kappa shape index (κ2) is 10.8. The highest BCUT2D eigenvalue weighted by Crippen LogP contribution is 2.33. The van der Waals surface area contributed by atoms with Gasteiger partial charge in [0.15, 0.2) is 0 Å². The van der Waals surface area contributed by atoms with Crippen LogP contribution < -0.4 is 14.9 Å². The van der Waals surface area contributed by atoms with Gasteiger partial charge in [-0.2, -0.15) is 0 Å². The smallest absolute Gasteiger partial charge is 0.264 e. The van der Waals surface area contributed by atoms with Crippen molar-refractivity contribution in [2.75, 3.05) is 41.2 Å². The third-order valence-corrected chi connectivity index (χ3v) is 7.78. The van der Waals surface area contributed by atoms with Crippen LogP contribution >= 0.6 is 34.5 Å². The van der Waals surface area contributed by atoms with Crippen LogP contribution in [0.4, 0.5) is 17.1 Å². The molecule has 1 amide bonds. The standard InChI is InChI=1S/C23H21Cl2N3O4S2/c24-16-3-6-19(25)20(14-16)27-34(30,31)22-15-17(4-7-21(22)28-9-11-32-12-10-28)26-23(29)8-5-18-2-1-13-33-18/h1-8,13-15,27H,9-12H2,(H,26,29)/b8-5+. The van der Waals surface area contributed by atoms with Gasteiger partial charge in [0.2, 0.25) is 5.91 Å². The van der Waals surface area contributed by atoms with Crippen molar-refractivity contribution in [1.82, 2.24) is 0 Å². The number of hydrogen-bond donors (Lipinski definition) is 2. The maximum atomic E-state index is 13.5. The highest BCUT2D eigenvalue weighted by molar-refractivity contribution is 7.93. The number of hydrogen-bond acceptors (Lipinski definition) is 6. The number of morpholine rings is 1. The minimum absolute atomic E-state index is 0.00507. The van der Waals surface area contributed by atoms with E-state index in [0.29, 0.717) is 42.7 Å². The van der Waals surface area contributed by atoms with Gasteiger partial charge in [0, 0.05) is 34.8 Å². The van der Waals surface area contributed by atoms with E-state index in [1.807, 2.05) is 22.4 Å². The van der Waals surface area contributed by atoms with Crippen molar-refractivity contribution in [2.24, 2.45) is 0 Å². The number of thiophene rings is 1. The minimum Gasteiger partial charge on any atom is -0.378 e. The second-order valence-electron chi connectivity index (χ2n) is 7.35. The van der Waals surface area contributed by atoms with E-state index in [1.54, 1.807) is 24.3 Å². The van der Waals surface area contributed by atoms with Gasteiger partial charge in [-0.3, -0.25) is 9.52 Å². The Morgan fingerprint density at radius 1 is 1.09 bits per heavy atom. The van der Waals surface area contributed by atoms with E-state index in [2.05, 4.69) is 10.0 Å². The number of rotatable bonds is 7. The van der Waals surface area contributed by atoms with E-state index >= 15 is 0 Å². The molecule has 1 aliphatic rings. The number of ether oxygens (including phenoxy) is 1. The topological polar surface area (TPSA) is 87.7 Å². The van der Waals surface area contributed by atoms with Crippen LogP contribution in [0.25, 0.3) is 6.08 Å². The Labute approximate surface area is 212 Å². The lowest BCUT2D eigenvalue weighted by molar-refractivity contribution is -0.111. The third-order valence-electron chi connectivity index (χ3n) is 4.98. The Hall–Kier alpha value is -2.56. The first-order valence-corrected chi connectivity index (χ1v) is 13.4. The number of nitrogens with zero attached hydrogens (tertiary/aromatic N) is 1. The van der Waals surface area contributed by atoms with Crippen molar-refractivity contribution in [3.63, 3.8) is 0 Å². The lowest BCUT2D eigenvalue weighted by Crippen LogP contribution is -2.37. The molecule has 2 aromatic carbocycles. The zero-order valence-corrected chi connectivity index (χ0v) is 21.0. The summed E-state index contributed by atoms with van der Waals surface area (Å²) in [5.74, 6) is -0.373. The summed E-state index contributed by atoms with van der Waals surface area (Å²) in [6, 6.07) is 13.1. The van der Waals surface area contributed by atoms with E-state index in [0.717, 1.165) is 4.88 Å². The van der Waals surface area contributed by atoms with Crippen LogP contribution in [0.5, 0.6) is 0 Å². The summed E-state index contributed by atoms with van der Waals surface area (Å²) < 4.78 is 34.8. The molecule has 0 radical (unpaired) electrons. The Bertz CT molecular complexity index is 1310. The molecule has 11 heteroatoms. The number of carbonyl (C=O) groups excluding carboxylic acids is 1. The van der Waals surface area contributed by atoms with Gasteiger partial charge < -0.3 is 15.0 Å². The maximum absolute atomic E-state index is 13.5. The van der Waals surface area contributed by atoms with E-state index in [9.17, 15) is 13.2 Å². The molecule has 3 aromatic rings. The zero-order chi connectivity index (χ0) is 24.1. The fourth-order valence-electron chi connectivity index (χ4n) is 3.38. The molecule has 4 rings (SSSR count). The summed E-state index contributed by atoms with van der Waals surface area (Å²) in [6.45, 7) is 2.05. The van der Waals surface area contributed by atoms with Gasteiger partial charge in [-0.25, -0.2) is 8.42 Å². The molecule has 34 heavy (non-hydrogen) atoms. The number of benzene rings is 2. The van der Waals surface area contributed by atoms with E-state index in [4.69, 9.17) is 27.9 Å². The van der Waals surface area contributed by atoms with Crippen molar-refractivity contribution in [1.29, 1.82) is 0 Å². The highest BCUT2D eigenvalue weighted by Gasteiger charge is 2.25. The molecular formula is C23H21Cl2N3O4S2. The van der Waals surface area contributed by atoms with Gasteiger partial charge >= 0.3 is 0 Å². The average Bonchev–Trinajstić information content (AvgIpc) is 3.34. The van der Waals surface area contributed by atoms with Gasteiger partial charge in [0.25, 0.3) is 10.0 Å². The van der Waals surface area contributed by atoms with Crippen molar-refractivity contribution in [2.45, 2.75) is 4.90 Å². The lowest BCUT2D eigenvalue weighted by Gasteiger charge is -2.30. The van der Waals surface area contributed by atoms with Crippen LogP contribution in [0.3, 0.4) is 0 Å². The Morgan fingerprint density at radius 3 is 2.62 bits per heavy atom. The normalized spacial score (nSPS) is 14.4. The highest BCUT2D eigenvalue weighted by atomic mass is 35.5. The molecule has 2 N–H and O–H groups in total. The third kappa shape index (κ3) is 6.11. The van der Waals surface area contributed by atoms with Crippen molar-refractivity contribution < 1.29 is 17.9 Å². The quantitative estimate of drug-likeness (QED) is 0.397. The number of sulfonamides is 1. The molecule has 0 aliphatic carbocycles. The summed E-state index contributed by atoms with van der Waals surface area (Å²) in [7, 11) is -4.08. The SMILES string of the molecule is O=C(/C=C/c1cccs1)Nc1ccc(N2CCOCC2)c(S(=O)(=O)Nc2cc(Cl)ccc2Cl)c1. The molecule has 178 valence electrons. The molecule has 1 fully saturated rings. The van der Waals surface area contributed by atoms with Crippen LogP contribution in [-0.4, -0.2) is 40.6 Å². The summed E-state index contributed by atoms with van der Waals surface area (Å²) in [4.78, 5) is 15.3. The van der Waals surface area contributed by atoms with Crippen LogP contribution in [0.2, 0.25) is 10.0 Å². The van der Waals surface area contributed by atoms with Crippen molar-refractivity contribution in [3.05, 3.63) is 74.9 Å². The first-order valence-electron chi connectivity index (χ1n) is 10.3. The van der Waals surface area contributed by atoms with Crippen LogP contribution in [0.1, 0.15) is 4.88 Å². The second-order valence-corrected chi connectivity index (χ2v) is 10.8. The Kier molecular flexibility index (Phi) is 7.80. The van der Waals surface area contributed by atoms with Gasteiger partial charge in [-0.05, 0) is 53.9 Å². The first-order chi connectivity index (χ1) is 16.3. The number of anilines is 3. The predicted octanol–water partition coefficient (Wildman–Crippen LogP) is 5.34. The van der Waals surface area contributed by atoms with Crippen LogP contribution in [0.15, 0.2) is 64.9 Å². The molecule has 7 nitrogen and oxygen atoms in total. The summed E-state index contributed by atoms with van der Waals surface area (Å²) in [6.07, 6.45) is 3.10. The number of amides is 1. The monoisotopic (exact) mass is 537 g/mol. The van der Waals surface area contributed by atoms with Crippen molar-refractivity contribution >= 4 is 73.6 Å². The summed E-state index contributed by atoms with van der Waals surface area (Å²) in [5, 5.41) is 5.20. The van der Waals surface area contributed by atoms with Crippen LogP contribution in [-0.2, 0) is 19.6 Å². The first kappa shape index (κ1) is 24.6. The van der Waals surface area contributed by atoms with E-state index in [1.165, 1.54) is 35.6 Å². The number of nitrogens with one attached hydrogen (secondary N) is 2. The van der Waals surface area contributed by atoms with E-state index in [-0.39, 0.29) is 21.5 Å². The van der Waals surface area contributed by atoms with Crippen molar-refractivity contribution in [3.8, 4) is 0 Å². The minimum atomic E-state index is -4.08. The molecule has 0 atom stereocenters. The average molecular weight is 538 g/mol. The molecular weight excluding hydrogens is 517 g/mol. The Morgan fingerprint density at radius 2 is 1.88 bits per heavy atom. The Balaban J connectivity index is 1.65. The molecule has 1 saturated heterocycles. The van der Waals surface area contributed by atoms with Gasteiger partial charge in [-0.1, -0.05) is 29.3 Å². The van der Waals surface area contributed by atoms with Crippen LogP contribution in [0, 0.1) is 0 Å². The molecule has 1 aliphatic heterocycles. The summed E-state index contributed by atoms with van der Waals surface area (Å²) >= 11 is 13.7. The van der Waals surface area contributed by atoms with Gasteiger partial charge in [0.1, 0.15) is 4.90 Å². The number of halogens is 2. The largest absolute Gasteiger partial charge is 0.378 e. The zero-order valence-electron chi connectivity index (χ0n) is 17.8. The summed E-state index contributed by atoms with van der Waals surface area (Å²) in [5.41, 5.74) is 1.01. The molecule has 0 unspecified atom stereocenters. The molecule has 2 heterocycles. The maximum Gasteiger partial charge on any atom is 0.264 e. The fraction of sp³-hybridized carbons (Fsp3) is 0.174. The number of carbonyl (C=O) groups is 1. The molecule has 0 spiro atoms. The molecule has 0 saturated carbocycles. The fourth-order valence-corrected chi connectivity index (χ4v) is 5.71. The molecule has 1 aromatic heterocycles. The predicted molar refractivity (Wildman–Crippen MR) is 139 cm³/mol. The van der Waals surface area contributed by atoms with E-state index < -0.39 is 10.0 Å². The van der Waals surface area contributed by atoms with Gasteiger partial charge in [-0.15, -0.1) is 11.3 Å². The molecule has 0 bridgehead atoms.